The van der Waals surface area contributed by atoms with Crippen molar-refractivity contribution in [3.05, 3.63) is 107 Å². The number of ether oxygens (including phenoxy) is 3. The van der Waals surface area contributed by atoms with E-state index >= 15 is 0 Å². The molecule has 1 atom stereocenters. The lowest BCUT2D eigenvalue weighted by molar-refractivity contribution is -0.139. The van der Waals surface area contributed by atoms with Crippen LogP contribution in [0.2, 0.25) is 5.02 Å². The third-order valence-corrected chi connectivity index (χ3v) is 7.70. The number of thiazole rings is 1. The zero-order valence-electron chi connectivity index (χ0n) is 22.6. The van der Waals surface area contributed by atoms with Crippen LogP contribution in [0, 0.1) is 0 Å². The molecule has 5 rings (SSSR count). The maximum atomic E-state index is 13.8. The molecular weight excluding hydrogens is 568 g/mol. The zero-order chi connectivity index (χ0) is 29.3. The molecule has 210 valence electrons. The summed E-state index contributed by atoms with van der Waals surface area (Å²) in [6.45, 7) is 3.62. The Bertz CT molecular complexity index is 1880. The number of nitrogens with zero attached hydrogens (tertiary/aromatic N) is 2. The van der Waals surface area contributed by atoms with Crippen LogP contribution in [0.1, 0.15) is 41.6 Å². The van der Waals surface area contributed by atoms with E-state index in [1.807, 2.05) is 6.07 Å². The second kappa shape index (κ2) is 11.6. The van der Waals surface area contributed by atoms with Crippen LogP contribution in [0.25, 0.3) is 17.4 Å². The number of carbonyl (C=O) groups is 2. The molecule has 41 heavy (non-hydrogen) atoms. The Balaban J connectivity index is 1.64. The van der Waals surface area contributed by atoms with E-state index in [2.05, 4.69) is 4.99 Å². The Morgan fingerprint density at radius 3 is 2.66 bits per heavy atom. The second-order valence-electron chi connectivity index (χ2n) is 8.96. The Morgan fingerprint density at radius 1 is 1.12 bits per heavy atom. The van der Waals surface area contributed by atoms with Crippen LogP contribution < -0.4 is 19.6 Å². The minimum atomic E-state index is -0.774. The molecule has 9 nitrogen and oxygen atoms in total. The molecule has 11 heteroatoms. The lowest BCUT2D eigenvalue weighted by Gasteiger charge is -2.24. The molecule has 0 amide bonds. The van der Waals surface area contributed by atoms with E-state index in [0.717, 1.165) is 0 Å². The van der Waals surface area contributed by atoms with Crippen molar-refractivity contribution in [2.24, 2.45) is 4.99 Å². The number of allylic oxidation sites excluding steroid dienone is 1. The molecule has 2 aromatic carbocycles. The van der Waals surface area contributed by atoms with Gasteiger partial charge in [0, 0.05) is 16.7 Å². The van der Waals surface area contributed by atoms with Crippen molar-refractivity contribution in [1.82, 2.24) is 4.57 Å². The molecule has 0 saturated heterocycles. The summed E-state index contributed by atoms with van der Waals surface area (Å²) in [5, 5.41) is 0.421. The molecule has 0 bridgehead atoms. The molecule has 3 heterocycles. The van der Waals surface area contributed by atoms with Crippen molar-refractivity contribution in [3.63, 3.8) is 0 Å². The number of methoxy groups -OCH3 is 2. The van der Waals surface area contributed by atoms with E-state index < -0.39 is 18.0 Å². The van der Waals surface area contributed by atoms with E-state index in [4.69, 9.17) is 30.2 Å². The fraction of sp³-hybridized carbons (Fsp3) is 0.200. The molecule has 0 aliphatic carbocycles. The monoisotopic (exact) mass is 592 g/mol. The molecule has 0 radical (unpaired) electrons. The Kier molecular flexibility index (Phi) is 7.96. The average molecular weight is 593 g/mol. The van der Waals surface area contributed by atoms with Gasteiger partial charge in [-0.2, -0.15) is 0 Å². The normalized spacial score (nSPS) is 14.9. The van der Waals surface area contributed by atoms with Crippen LogP contribution in [0.15, 0.2) is 80.1 Å². The van der Waals surface area contributed by atoms with Gasteiger partial charge in [0.05, 0.1) is 48.2 Å². The minimum Gasteiger partial charge on any atom is -0.497 e. The Morgan fingerprint density at radius 2 is 1.93 bits per heavy atom. The molecular formula is C30H25ClN2O7S. The number of aromatic nitrogens is 1. The van der Waals surface area contributed by atoms with Gasteiger partial charge in [-0.1, -0.05) is 35.1 Å². The highest BCUT2D eigenvalue weighted by Crippen LogP contribution is 2.33. The fourth-order valence-corrected chi connectivity index (χ4v) is 5.83. The summed E-state index contributed by atoms with van der Waals surface area (Å²) in [4.78, 5) is 44.2. The SMILES string of the molecule is CCOC(=O)C1=C(C)N=c2s/c(=C/c3ccc(-c4cc(Cl)ccc4C(=O)OC)o3)c(=O)n2[C@H]1c1cccc(OC)c1. The van der Waals surface area contributed by atoms with Gasteiger partial charge in [-0.3, -0.25) is 9.36 Å². The molecule has 0 unspecified atom stereocenters. The first-order valence-corrected chi connectivity index (χ1v) is 13.8. The number of fused-ring (bicyclic) bond motifs is 1. The van der Waals surface area contributed by atoms with Gasteiger partial charge < -0.3 is 18.6 Å². The lowest BCUT2D eigenvalue weighted by Crippen LogP contribution is -2.39. The summed E-state index contributed by atoms with van der Waals surface area (Å²) in [6, 6.07) is 14.5. The van der Waals surface area contributed by atoms with E-state index in [1.54, 1.807) is 75.6 Å². The summed E-state index contributed by atoms with van der Waals surface area (Å²) in [7, 11) is 2.84. The first-order valence-electron chi connectivity index (χ1n) is 12.6. The maximum Gasteiger partial charge on any atom is 0.338 e. The highest BCUT2D eigenvalue weighted by atomic mass is 35.5. The van der Waals surface area contributed by atoms with Gasteiger partial charge in [-0.15, -0.1) is 0 Å². The van der Waals surface area contributed by atoms with Crippen LogP contribution in [0.5, 0.6) is 5.75 Å². The van der Waals surface area contributed by atoms with Crippen molar-refractivity contribution in [1.29, 1.82) is 0 Å². The number of furan rings is 1. The smallest absolute Gasteiger partial charge is 0.338 e. The van der Waals surface area contributed by atoms with Crippen LogP contribution in [0.4, 0.5) is 0 Å². The fourth-order valence-electron chi connectivity index (χ4n) is 4.63. The highest BCUT2D eigenvalue weighted by molar-refractivity contribution is 7.07. The van der Waals surface area contributed by atoms with Gasteiger partial charge in [0.15, 0.2) is 4.80 Å². The van der Waals surface area contributed by atoms with Crippen molar-refractivity contribution in [2.75, 3.05) is 20.8 Å². The second-order valence-corrected chi connectivity index (χ2v) is 10.4. The number of esters is 2. The van der Waals surface area contributed by atoms with E-state index in [-0.39, 0.29) is 23.3 Å². The van der Waals surface area contributed by atoms with Crippen molar-refractivity contribution in [2.45, 2.75) is 19.9 Å². The van der Waals surface area contributed by atoms with Gasteiger partial charge in [0.1, 0.15) is 17.3 Å². The Labute approximate surface area is 243 Å². The van der Waals surface area contributed by atoms with E-state index in [9.17, 15) is 14.4 Å². The molecule has 1 aliphatic heterocycles. The number of rotatable bonds is 7. The molecule has 4 aromatic rings. The predicted octanol–water partition coefficient (Wildman–Crippen LogP) is 4.51. The molecule has 0 fully saturated rings. The summed E-state index contributed by atoms with van der Waals surface area (Å²) < 4.78 is 23.5. The van der Waals surface area contributed by atoms with Gasteiger partial charge in [-0.05, 0) is 61.9 Å². The molecule has 0 spiro atoms. The number of benzene rings is 2. The summed E-state index contributed by atoms with van der Waals surface area (Å²) in [5.41, 5.74) is 1.80. The van der Waals surface area contributed by atoms with Crippen LogP contribution in [0.3, 0.4) is 0 Å². The third kappa shape index (κ3) is 5.36. The largest absolute Gasteiger partial charge is 0.497 e. The maximum absolute atomic E-state index is 13.8. The standard InChI is InChI=1S/C30H25ClN2O7S/c1-5-39-29(36)25-16(2)32-30-33(26(25)17-7-6-8-19(13-17)37-3)27(34)24(41-30)15-20-10-12-23(40-20)22-14-18(31)9-11-21(22)28(35)38-4/h6-15,26H,5H2,1-4H3/b24-15+/t26-/m0/s1. The molecule has 0 N–H and O–H groups in total. The number of hydrogen-bond donors (Lipinski definition) is 0. The van der Waals surface area contributed by atoms with Crippen molar-refractivity contribution in [3.8, 4) is 17.1 Å². The number of hydrogen-bond acceptors (Lipinski definition) is 9. The summed E-state index contributed by atoms with van der Waals surface area (Å²) in [6.07, 6.45) is 1.60. The predicted molar refractivity (Wildman–Crippen MR) is 154 cm³/mol. The highest BCUT2D eigenvalue weighted by Gasteiger charge is 2.33. The summed E-state index contributed by atoms with van der Waals surface area (Å²) >= 11 is 7.35. The first-order chi connectivity index (χ1) is 19.7. The van der Waals surface area contributed by atoms with Crippen LogP contribution in [-0.4, -0.2) is 37.3 Å². The Hall–Kier alpha value is -4.41. The molecule has 2 aromatic heterocycles. The lowest BCUT2D eigenvalue weighted by atomic mass is 9.95. The zero-order valence-corrected chi connectivity index (χ0v) is 24.2. The van der Waals surface area contributed by atoms with Crippen LogP contribution in [-0.2, 0) is 14.3 Å². The molecule has 0 saturated carbocycles. The van der Waals surface area contributed by atoms with Crippen LogP contribution >= 0.6 is 22.9 Å². The molecule has 1 aliphatic rings. The van der Waals surface area contributed by atoms with Gasteiger partial charge in [0.25, 0.3) is 5.56 Å². The van der Waals surface area contributed by atoms with Crippen molar-refractivity contribution >= 4 is 41.0 Å². The summed E-state index contributed by atoms with van der Waals surface area (Å²) in [5.74, 6) is 0.252. The topological polar surface area (TPSA) is 109 Å². The van der Waals surface area contributed by atoms with Gasteiger partial charge >= 0.3 is 11.9 Å². The van der Waals surface area contributed by atoms with Gasteiger partial charge in [0.2, 0.25) is 0 Å². The minimum absolute atomic E-state index is 0.177. The van der Waals surface area contributed by atoms with Gasteiger partial charge in [-0.25, -0.2) is 14.6 Å². The third-order valence-electron chi connectivity index (χ3n) is 6.48. The first kappa shape index (κ1) is 28.1. The van der Waals surface area contributed by atoms with Crippen molar-refractivity contribution < 1.29 is 28.2 Å². The average Bonchev–Trinajstić information content (AvgIpc) is 3.56. The quantitative estimate of drug-likeness (QED) is 0.291. The number of halogens is 1. The van der Waals surface area contributed by atoms with E-state index in [1.165, 1.54) is 23.0 Å². The number of carbonyl (C=O) groups excluding carboxylic acids is 2. The van der Waals surface area contributed by atoms with E-state index in [0.29, 0.717) is 48.5 Å².